The summed E-state index contributed by atoms with van der Waals surface area (Å²) in [6.07, 6.45) is 43.5. The Morgan fingerprint density at radius 3 is 1.87 bits per heavy atom. The number of likely N-dealkylation sites (N-methyl/N-ethyl adjacent to an activating group) is 1. The summed E-state index contributed by atoms with van der Waals surface area (Å²) in [5.41, 5.74) is 0. The van der Waals surface area contributed by atoms with Gasteiger partial charge in [-0.3, -0.25) is 13.8 Å². The van der Waals surface area contributed by atoms with Gasteiger partial charge in [0.15, 0.2) is 6.10 Å². The van der Waals surface area contributed by atoms with Crippen molar-refractivity contribution in [3.05, 3.63) is 73.1 Å². The van der Waals surface area contributed by atoms with E-state index in [-0.39, 0.29) is 26.2 Å². The third kappa shape index (κ3) is 39.4. The Balaban J connectivity index is 4.53. The van der Waals surface area contributed by atoms with Crippen LogP contribution in [0.3, 0.4) is 0 Å². The Hall–Kier alpha value is -2.26. The fourth-order valence-electron chi connectivity index (χ4n) is 5.15. The summed E-state index contributed by atoms with van der Waals surface area (Å²) in [4.78, 5) is 22.6. The lowest BCUT2D eigenvalue weighted by Gasteiger charge is -2.24. The van der Waals surface area contributed by atoms with Crippen LogP contribution in [0.1, 0.15) is 142 Å². The van der Waals surface area contributed by atoms with E-state index >= 15 is 0 Å². The van der Waals surface area contributed by atoms with Crippen LogP contribution in [0.15, 0.2) is 73.1 Å². The molecule has 0 rings (SSSR count). The molecule has 2 N–H and O–H groups in total. The number of unbranched alkanes of at least 4 members (excludes halogenated alkanes) is 12. The number of esters is 1. The van der Waals surface area contributed by atoms with E-state index in [0.717, 1.165) is 44.9 Å². The molecule has 0 aliphatic heterocycles. The second kappa shape index (κ2) is 36.4. The lowest BCUT2D eigenvalue weighted by molar-refractivity contribution is -0.870. The molecule has 0 aromatic heterocycles. The number of hydrogen-bond donors (Lipinski definition) is 2. The lowest BCUT2D eigenvalue weighted by atomic mass is 10.0. The summed E-state index contributed by atoms with van der Waals surface area (Å²) in [5, 5.41) is 10.3. The molecule has 0 aliphatic carbocycles. The van der Waals surface area contributed by atoms with Crippen molar-refractivity contribution >= 4 is 13.8 Å². The van der Waals surface area contributed by atoms with Crippen molar-refractivity contribution < 1.29 is 42.4 Å². The van der Waals surface area contributed by atoms with Gasteiger partial charge >= 0.3 is 13.8 Å². The molecule has 10 heteroatoms. The van der Waals surface area contributed by atoms with Crippen LogP contribution in [0.2, 0.25) is 0 Å². The molecule has 0 amide bonds. The third-order valence-electron chi connectivity index (χ3n) is 8.48. The Labute approximate surface area is 330 Å². The summed E-state index contributed by atoms with van der Waals surface area (Å²) < 4.78 is 34.5. The van der Waals surface area contributed by atoms with Gasteiger partial charge in [0.25, 0.3) is 0 Å². The van der Waals surface area contributed by atoms with Crippen LogP contribution in [0, 0.1) is 0 Å². The van der Waals surface area contributed by atoms with Crippen LogP contribution >= 0.6 is 7.82 Å². The second-order valence-corrected chi connectivity index (χ2v) is 16.4. The molecule has 312 valence electrons. The van der Waals surface area contributed by atoms with Crippen molar-refractivity contribution in [1.29, 1.82) is 0 Å². The molecular weight excluding hydrogens is 701 g/mol. The van der Waals surface area contributed by atoms with Crippen molar-refractivity contribution in [3.8, 4) is 0 Å². The topological polar surface area (TPSA) is 112 Å². The van der Waals surface area contributed by atoms with Crippen molar-refractivity contribution in [2.45, 2.75) is 154 Å². The zero-order chi connectivity index (χ0) is 40.0. The van der Waals surface area contributed by atoms with Gasteiger partial charge in [-0.2, -0.15) is 0 Å². The predicted octanol–water partition coefficient (Wildman–Crippen LogP) is 11.3. The van der Waals surface area contributed by atoms with Gasteiger partial charge < -0.3 is 24.0 Å². The summed E-state index contributed by atoms with van der Waals surface area (Å²) in [6.45, 7) is 4.54. The summed E-state index contributed by atoms with van der Waals surface area (Å²) >= 11 is 0. The minimum absolute atomic E-state index is 0.0568. The van der Waals surface area contributed by atoms with E-state index < -0.39 is 26.0 Å². The number of aliphatic hydroxyl groups excluding tert-OH is 1. The quantitative estimate of drug-likeness (QED) is 0.0122. The van der Waals surface area contributed by atoms with Crippen molar-refractivity contribution in [3.63, 3.8) is 0 Å². The van der Waals surface area contributed by atoms with E-state index in [1.54, 1.807) is 12.3 Å². The molecule has 0 aromatic rings. The van der Waals surface area contributed by atoms with E-state index in [0.29, 0.717) is 23.9 Å². The minimum Gasteiger partial charge on any atom is -0.492 e. The fourth-order valence-corrected chi connectivity index (χ4v) is 5.89. The minimum atomic E-state index is -4.31. The maximum atomic E-state index is 12.5. The maximum Gasteiger partial charge on any atom is 0.472 e. The van der Waals surface area contributed by atoms with Gasteiger partial charge in [0.05, 0.1) is 40.1 Å². The fraction of sp³-hybridized carbons (Fsp3) is 0.705. The molecule has 0 bridgehead atoms. The molecule has 0 aliphatic rings. The van der Waals surface area contributed by atoms with Gasteiger partial charge in [0, 0.05) is 6.42 Å². The molecule has 3 atom stereocenters. The number of carbonyl (C=O) groups is 1. The van der Waals surface area contributed by atoms with E-state index in [9.17, 15) is 19.4 Å². The van der Waals surface area contributed by atoms with Crippen LogP contribution in [-0.4, -0.2) is 80.2 Å². The zero-order valence-electron chi connectivity index (χ0n) is 34.8. The normalized spacial score (nSPS) is 15.1. The van der Waals surface area contributed by atoms with Crippen LogP contribution in [-0.2, 0) is 27.9 Å². The van der Waals surface area contributed by atoms with Gasteiger partial charge in [0.2, 0.25) is 0 Å². The van der Waals surface area contributed by atoms with Crippen LogP contribution < -0.4 is 0 Å². The predicted molar refractivity (Wildman–Crippen MR) is 225 cm³/mol. The average Bonchev–Trinajstić information content (AvgIpc) is 3.12. The highest BCUT2D eigenvalue weighted by Gasteiger charge is 2.25. The standard InChI is InChI=1S/C44H78NO8P/c1-6-8-10-12-14-16-18-20-22-24-26-28-30-32-38-50-43(41-53-54(48,49)52-39-37-45(3,4)5)40-51-44(47)36-33-35-42(46)34-31-29-27-25-23-21-19-17-15-13-11-9-7-2/h9,11,15,17,21,23,27,29,31-32,34,38,42-43,46H,6-8,10,12-14,16,18-20,22,24-26,28,30,33,35-37,39-41H2,1-5H3/p+1/b11-9-,17-15-,23-21-,29-27-,34-31+,38-32+/t42?,43-/m1/s1. The van der Waals surface area contributed by atoms with Crippen molar-refractivity contribution in [1.82, 2.24) is 0 Å². The maximum absolute atomic E-state index is 12.5. The van der Waals surface area contributed by atoms with Gasteiger partial charge in [0.1, 0.15) is 19.8 Å². The highest BCUT2D eigenvalue weighted by molar-refractivity contribution is 7.47. The zero-order valence-corrected chi connectivity index (χ0v) is 35.7. The number of hydrogen-bond acceptors (Lipinski definition) is 7. The number of phosphoric acid groups is 1. The number of allylic oxidation sites excluding steroid dienone is 10. The molecular formula is C44H79NO8P+. The smallest absolute Gasteiger partial charge is 0.472 e. The van der Waals surface area contributed by atoms with Gasteiger partial charge in [-0.05, 0) is 57.4 Å². The van der Waals surface area contributed by atoms with E-state index in [2.05, 4.69) is 50.3 Å². The highest BCUT2D eigenvalue weighted by atomic mass is 31.2. The lowest BCUT2D eigenvalue weighted by Crippen LogP contribution is -2.37. The van der Waals surface area contributed by atoms with E-state index in [4.69, 9.17) is 18.5 Å². The summed E-state index contributed by atoms with van der Waals surface area (Å²) in [7, 11) is 1.56. The molecule has 0 heterocycles. The largest absolute Gasteiger partial charge is 0.492 e. The molecule has 0 saturated carbocycles. The van der Waals surface area contributed by atoms with Crippen molar-refractivity contribution in [2.75, 3.05) is 47.5 Å². The van der Waals surface area contributed by atoms with Gasteiger partial charge in [-0.15, -0.1) is 0 Å². The molecule has 2 unspecified atom stereocenters. The van der Waals surface area contributed by atoms with E-state index in [1.165, 1.54) is 64.2 Å². The van der Waals surface area contributed by atoms with Gasteiger partial charge in [-0.1, -0.05) is 145 Å². The SMILES string of the molecule is CC/C=C\C/C=C\C/C=C\C/C=C\C=C\C(O)CCCC(=O)OC[C@H](COP(=O)(O)OCC[N+](C)(C)C)O/C=C/CCCCCCCCCCCCCC. The number of quaternary nitrogens is 1. The highest BCUT2D eigenvalue weighted by Crippen LogP contribution is 2.43. The number of ether oxygens (including phenoxy) is 2. The molecule has 0 saturated heterocycles. The number of phosphoric ester groups is 1. The Bertz CT molecular complexity index is 1110. The van der Waals surface area contributed by atoms with Crippen LogP contribution in [0.4, 0.5) is 0 Å². The average molecular weight is 781 g/mol. The Morgan fingerprint density at radius 1 is 0.704 bits per heavy atom. The number of nitrogens with zero attached hydrogens (tertiary/aromatic N) is 1. The first kappa shape index (κ1) is 51.7. The third-order valence-corrected chi connectivity index (χ3v) is 9.46. The molecule has 54 heavy (non-hydrogen) atoms. The molecule has 0 aromatic carbocycles. The Morgan fingerprint density at radius 2 is 1.28 bits per heavy atom. The molecule has 0 spiro atoms. The summed E-state index contributed by atoms with van der Waals surface area (Å²) in [5.74, 6) is -0.439. The molecule has 9 nitrogen and oxygen atoms in total. The van der Waals surface area contributed by atoms with Crippen molar-refractivity contribution in [2.24, 2.45) is 0 Å². The molecule has 0 fully saturated rings. The van der Waals surface area contributed by atoms with Crippen LogP contribution in [0.25, 0.3) is 0 Å². The monoisotopic (exact) mass is 781 g/mol. The summed E-state index contributed by atoms with van der Waals surface area (Å²) in [6, 6.07) is 0. The number of carbonyl (C=O) groups excluding carboxylic acids is 1. The second-order valence-electron chi connectivity index (χ2n) is 14.9. The first-order chi connectivity index (χ1) is 26.0. The van der Waals surface area contributed by atoms with E-state index in [1.807, 2.05) is 45.4 Å². The first-order valence-corrected chi connectivity index (χ1v) is 22.3. The number of aliphatic hydroxyl groups is 1. The number of rotatable bonds is 37. The first-order valence-electron chi connectivity index (χ1n) is 20.8. The van der Waals surface area contributed by atoms with Gasteiger partial charge in [-0.25, -0.2) is 4.57 Å². The Kier molecular flexibility index (Phi) is 34.9. The molecule has 0 radical (unpaired) electrons. The van der Waals surface area contributed by atoms with Crippen LogP contribution in [0.5, 0.6) is 0 Å².